The van der Waals surface area contributed by atoms with Gasteiger partial charge >= 0.3 is 11.7 Å². The fourth-order valence-electron chi connectivity index (χ4n) is 1.70. The Morgan fingerprint density at radius 1 is 1.29 bits per heavy atom. The van der Waals surface area contributed by atoms with Crippen LogP contribution in [0.15, 0.2) is 42.7 Å². The molecule has 7 nitrogen and oxygen atoms in total. The van der Waals surface area contributed by atoms with Gasteiger partial charge in [-0.1, -0.05) is 18.2 Å². The molecule has 1 aromatic carbocycles. The second-order valence-corrected chi connectivity index (χ2v) is 4.06. The van der Waals surface area contributed by atoms with Crippen LogP contribution in [-0.2, 0) is 16.0 Å². The molecule has 0 amide bonds. The third-order valence-electron chi connectivity index (χ3n) is 2.71. The Balaban J connectivity index is 2.32. The summed E-state index contributed by atoms with van der Waals surface area (Å²) in [6, 6.07) is 8.00. The molecule has 7 heteroatoms. The van der Waals surface area contributed by atoms with Gasteiger partial charge in [0.2, 0.25) is 5.75 Å². The Labute approximate surface area is 120 Å². The Bertz CT molecular complexity index is 672. The highest BCUT2D eigenvalue weighted by atomic mass is 16.6. The smallest absolute Gasteiger partial charge is 0.314 e. The number of nitro groups is 1. The molecule has 0 unspecified atom stereocenters. The van der Waals surface area contributed by atoms with E-state index >= 15 is 0 Å². The van der Waals surface area contributed by atoms with Gasteiger partial charge in [0.1, 0.15) is 5.75 Å². The molecule has 0 aliphatic rings. The summed E-state index contributed by atoms with van der Waals surface area (Å²) in [5, 5.41) is 10.9. The van der Waals surface area contributed by atoms with Crippen molar-refractivity contribution in [3.8, 4) is 11.5 Å². The van der Waals surface area contributed by atoms with Gasteiger partial charge in [-0.25, -0.2) is 0 Å². The topological polar surface area (TPSA) is 91.6 Å². The standard InChI is InChI=1S/C14H12N2O5/c1-20-14(17)8-10-4-2-3-5-12(10)21-13-9-15-7-6-11(13)16(18)19/h2-7,9H,8H2,1H3. The van der Waals surface area contributed by atoms with Crippen molar-refractivity contribution in [1.82, 2.24) is 4.98 Å². The first-order valence-corrected chi connectivity index (χ1v) is 6.03. The summed E-state index contributed by atoms with van der Waals surface area (Å²) in [5.41, 5.74) is 0.375. The van der Waals surface area contributed by atoms with Crippen molar-refractivity contribution in [2.75, 3.05) is 7.11 Å². The minimum Gasteiger partial charge on any atom is -0.469 e. The lowest BCUT2D eigenvalue weighted by Gasteiger charge is -2.10. The van der Waals surface area contributed by atoms with E-state index in [1.165, 1.54) is 25.6 Å². The van der Waals surface area contributed by atoms with Gasteiger partial charge in [-0.3, -0.25) is 19.9 Å². The summed E-state index contributed by atoms with van der Waals surface area (Å²) in [6.45, 7) is 0. The van der Waals surface area contributed by atoms with E-state index < -0.39 is 10.9 Å². The first-order valence-electron chi connectivity index (χ1n) is 6.03. The number of ether oxygens (including phenoxy) is 2. The van der Waals surface area contributed by atoms with Crippen LogP contribution in [0.25, 0.3) is 0 Å². The molecule has 0 radical (unpaired) electrons. The number of benzene rings is 1. The van der Waals surface area contributed by atoms with Crippen LogP contribution in [0, 0.1) is 10.1 Å². The molecule has 1 aromatic heterocycles. The van der Waals surface area contributed by atoms with E-state index in [-0.39, 0.29) is 17.9 Å². The molecule has 0 aliphatic carbocycles. The average Bonchev–Trinajstić information content (AvgIpc) is 2.49. The zero-order chi connectivity index (χ0) is 15.2. The highest BCUT2D eigenvalue weighted by Gasteiger charge is 2.17. The lowest BCUT2D eigenvalue weighted by Crippen LogP contribution is -2.05. The molecule has 0 fully saturated rings. The predicted octanol–water partition coefficient (Wildman–Crippen LogP) is 2.50. The number of hydrogen-bond acceptors (Lipinski definition) is 6. The van der Waals surface area contributed by atoms with E-state index in [1.807, 2.05) is 0 Å². The third-order valence-corrected chi connectivity index (χ3v) is 2.71. The number of methoxy groups -OCH3 is 1. The SMILES string of the molecule is COC(=O)Cc1ccccc1Oc1cnccc1[N+](=O)[O-]. The van der Waals surface area contributed by atoms with Crippen LogP contribution in [-0.4, -0.2) is 23.0 Å². The Morgan fingerprint density at radius 2 is 2.05 bits per heavy atom. The van der Waals surface area contributed by atoms with Gasteiger partial charge in [-0.05, 0) is 6.07 Å². The van der Waals surface area contributed by atoms with Crippen molar-refractivity contribution in [2.45, 2.75) is 6.42 Å². The average molecular weight is 288 g/mol. The van der Waals surface area contributed by atoms with Crippen LogP contribution in [0.5, 0.6) is 11.5 Å². The van der Waals surface area contributed by atoms with Gasteiger partial charge in [0, 0.05) is 17.8 Å². The largest absolute Gasteiger partial charge is 0.469 e. The number of nitrogens with zero attached hydrogens (tertiary/aromatic N) is 2. The van der Waals surface area contributed by atoms with Gasteiger partial charge < -0.3 is 9.47 Å². The van der Waals surface area contributed by atoms with E-state index in [0.29, 0.717) is 11.3 Å². The van der Waals surface area contributed by atoms with Crippen LogP contribution in [0.3, 0.4) is 0 Å². The van der Waals surface area contributed by atoms with Gasteiger partial charge in [0.25, 0.3) is 0 Å². The molecule has 2 aromatic rings. The number of para-hydroxylation sites is 1. The van der Waals surface area contributed by atoms with Crippen molar-refractivity contribution in [2.24, 2.45) is 0 Å². The molecule has 0 spiro atoms. The molecule has 0 aliphatic heterocycles. The summed E-state index contributed by atoms with van der Waals surface area (Å²) in [4.78, 5) is 25.6. The maximum Gasteiger partial charge on any atom is 0.314 e. The normalized spacial score (nSPS) is 9.95. The molecule has 0 atom stereocenters. The number of carbonyl (C=O) groups is 1. The number of rotatable bonds is 5. The number of pyridine rings is 1. The van der Waals surface area contributed by atoms with E-state index in [1.54, 1.807) is 24.3 Å². The maximum atomic E-state index is 11.4. The summed E-state index contributed by atoms with van der Waals surface area (Å²) < 4.78 is 10.1. The maximum absolute atomic E-state index is 11.4. The zero-order valence-corrected chi connectivity index (χ0v) is 11.2. The highest BCUT2D eigenvalue weighted by Crippen LogP contribution is 2.31. The molecule has 0 saturated carbocycles. The van der Waals surface area contributed by atoms with Crippen molar-refractivity contribution < 1.29 is 19.2 Å². The van der Waals surface area contributed by atoms with Crippen LogP contribution in [0.2, 0.25) is 0 Å². The Morgan fingerprint density at radius 3 is 2.76 bits per heavy atom. The molecule has 1 heterocycles. The summed E-state index contributed by atoms with van der Waals surface area (Å²) in [6.07, 6.45) is 2.58. The third kappa shape index (κ3) is 3.53. The minimum absolute atomic E-state index is 0.0137. The van der Waals surface area contributed by atoms with Crippen molar-refractivity contribution in [3.05, 3.63) is 58.4 Å². The second-order valence-electron chi connectivity index (χ2n) is 4.06. The number of hydrogen-bond donors (Lipinski definition) is 0. The summed E-state index contributed by atoms with van der Waals surface area (Å²) >= 11 is 0. The van der Waals surface area contributed by atoms with E-state index in [2.05, 4.69) is 9.72 Å². The predicted molar refractivity (Wildman–Crippen MR) is 73.1 cm³/mol. The van der Waals surface area contributed by atoms with Crippen LogP contribution in [0.4, 0.5) is 5.69 Å². The van der Waals surface area contributed by atoms with Crippen LogP contribution < -0.4 is 4.74 Å². The van der Waals surface area contributed by atoms with Gasteiger partial charge in [-0.15, -0.1) is 0 Å². The molecular formula is C14H12N2O5. The lowest BCUT2D eigenvalue weighted by molar-refractivity contribution is -0.385. The fourth-order valence-corrected chi connectivity index (χ4v) is 1.70. The lowest BCUT2D eigenvalue weighted by atomic mass is 10.1. The monoisotopic (exact) mass is 288 g/mol. The molecule has 0 bridgehead atoms. The van der Waals surface area contributed by atoms with Crippen LogP contribution in [0.1, 0.15) is 5.56 Å². The van der Waals surface area contributed by atoms with Crippen molar-refractivity contribution >= 4 is 11.7 Å². The Kier molecular flexibility index (Phi) is 4.45. The first kappa shape index (κ1) is 14.4. The van der Waals surface area contributed by atoms with E-state index in [9.17, 15) is 14.9 Å². The molecule has 0 N–H and O–H groups in total. The van der Waals surface area contributed by atoms with Gasteiger partial charge in [0.05, 0.1) is 24.7 Å². The molecule has 0 saturated heterocycles. The summed E-state index contributed by atoms with van der Waals surface area (Å²) in [7, 11) is 1.29. The fraction of sp³-hybridized carbons (Fsp3) is 0.143. The molecule has 108 valence electrons. The van der Waals surface area contributed by atoms with Crippen molar-refractivity contribution in [3.63, 3.8) is 0 Å². The first-order chi connectivity index (χ1) is 10.1. The highest BCUT2D eigenvalue weighted by molar-refractivity contribution is 5.73. The Hall–Kier alpha value is -2.96. The van der Waals surface area contributed by atoms with E-state index in [0.717, 1.165) is 0 Å². The zero-order valence-electron chi connectivity index (χ0n) is 11.2. The number of aromatic nitrogens is 1. The molecule has 21 heavy (non-hydrogen) atoms. The number of carbonyl (C=O) groups excluding carboxylic acids is 1. The quantitative estimate of drug-likeness (QED) is 0.477. The molecular weight excluding hydrogens is 276 g/mol. The molecule has 2 rings (SSSR count). The second kappa shape index (κ2) is 6.47. The van der Waals surface area contributed by atoms with Gasteiger partial charge in [0.15, 0.2) is 0 Å². The van der Waals surface area contributed by atoms with Crippen molar-refractivity contribution in [1.29, 1.82) is 0 Å². The van der Waals surface area contributed by atoms with Crippen LogP contribution >= 0.6 is 0 Å². The van der Waals surface area contributed by atoms with E-state index in [4.69, 9.17) is 4.74 Å². The van der Waals surface area contributed by atoms with Gasteiger partial charge in [-0.2, -0.15) is 0 Å². The summed E-state index contributed by atoms with van der Waals surface area (Å²) in [5.74, 6) is -0.0643. The number of esters is 1. The minimum atomic E-state index is -0.556.